The summed E-state index contributed by atoms with van der Waals surface area (Å²) < 4.78 is 65.5. The Kier molecular flexibility index (Phi) is 4.61. The lowest BCUT2D eigenvalue weighted by atomic mass is 10.3. The number of halogens is 3. The van der Waals surface area contributed by atoms with E-state index in [1.807, 2.05) is 0 Å². The first-order valence-corrected chi connectivity index (χ1v) is 6.61. The lowest BCUT2D eigenvalue weighted by molar-refractivity contribution is -0.275. The van der Waals surface area contributed by atoms with E-state index in [9.17, 15) is 26.4 Å². The quantitative estimate of drug-likeness (QED) is 0.855. The molecule has 0 spiro atoms. The number of carboxylic acids is 1. The van der Waals surface area contributed by atoms with Crippen LogP contribution in [0.4, 0.5) is 13.2 Å². The highest BCUT2D eigenvalue weighted by atomic mass is 32.2. The third kappa shape index (κ3) is 4.38. The largest absolute Gasteiger partial charge is 0.573 e. The normalized spacial score (nSPS) is 13.8. The molecule has 2 N–H and O–H groups in total. The maximum Gasteiger partial charge on any atom is 0.573 e. The minimum absolute atomic E-state index is 0.801. The van der Waals surface area contributed by atoms with Gasteiger partial charge in [-0.1, -0.05) is 12.1 Å². The van der Waals surface area contributed by atoms with Crippen molar-refractivity contribution >= 4 is 16.0 Å². The number of rotatable bonds is 5. The van der Waals surface area contributed by atoms with Gasteiger partial charge in [0.1, 0.15) is 16.7 Å². The van der Waals surface area contributed by atoms with Gasteiger partial charge in [0.2, 0.25) is 10.0 Å². The van der Waals surface area contributed by atoms with Crippen molar-refractivity contribution in [2.75, 3.05) is 0 Å². The van der Waals surface area contributed by atoms with Gasteiger partial charge < -0.3 is 9.84 Å². The smallest absolute Gasteiger partial charge is 0.480 e. The number of sulfonamides is 1. The molecule has 0 aliphatic carbocycles. The minimum Gasteiger partial charge on any atom is -0.480 e. The van der Waals surface area contributed by atoms with Crippen LogP contribution in [0.1, 0.15) is 6.92 Å². The van der Waals surface area contributed by atoms with Gasteiger partial charge in [0.25, 0.3) is 0 Å². The average Bonchev–Trinajstić information content (AvgIpc) is 2.26. The Morgan fingerprint density at radius 1 is 1.35 bits per heavy atom. The molecule has 112 valence electrons. The number of alkyl halides is 3. The molecular formula is C10H10F3NO5S. The van der Waals surface area contributed by atoms with Crippen LogP contribution in [0.2, 0.25) is 0 Å². The van der Waals surface area contributed by atoms with Crippen LogP contribution in [0.3, 0.4) is 0 Å². The van der Waals surface area contributed by atoms with Crippen LogP contribution in [-0.2, 0) is 14.8 Å². The highest BCUT2D eigenvalue weighted by Crippen LogP contribution is 2.29. The molecule has 0 heterocycles. The van der Waals surface area contributed by atoms with E-state index in [0.717, 1.165) is 25.1 Å². The van der Waals surface area contributed by atoms with E-state index in [2.05, 4.69) is 4.74 Å². The van der Waals surface area contributed by atoms with Gasteiger partial charge in [0.15, 0.2) is 0 Å². The molecular weight excluding hydrogens is 303 g/mol. The molecule has 0 aliphatic heterocycles. The summed E-state index contributed by atoms with van der Waals surface area (Å²) in [6, 6.07) is 2.52. The van der Waals surface area contributed by atoms with E-state index in [-0.39, 0.29) is 0 Å². The fourth-order valence-corrected chi connectivity index (χ4v) is 2.55. The molecule has 0 saturated carbocycles. The number of ether oxygens (including phenoxy) is 1. The fourth-order valence-electron chi connectivity index (χ4n) is 1.23. The predicted octanol–water partition coefficient (Wildman–Crippen LogP) is 1.34. The summed E-state index contributed by atoms with van der Waals surface area (Å²) in [5.41, 5.74) is 0. The number of hydrogen-bond donors (Lipinski definition) is 2. The Balaban J connectivity index is 3.16. The van der Waals surface area contributed by atoms with E-state index in [4.69, 9.17) is 5.11 Å². The van der Waals surface area contributed by atoms with Crippen molar-refractivity contribution < 1.29 is 36.2 Å². The Hall–Kier alpha value is -1.81. The van der Waals surface area contributed by atoms with Crippen molar-refractivity contribution in [1.29, 1.82) is 0 Å². The monoisotopic (exact) mass is 313 g/mol. The number of aliphatic carboxylic acids is 1. The standard InChI is InChI=1S/C10H10F3NO5S/c1-6(9(15)16)14-20(17,18)8-5-3-2-4-7(8)19-10(11,12)13/h2-6,14H,1H3,(H,15,16). The summed E-state index contributed by atoms with van der Waals surface area (Å²) in [6.07, 6.45) is -5.07. The van der Waals surface area contributed by atoms with Crippen molar-refractivity contribution in [2.45, 2.75) is 24.2 Å². The summed E-state index contributed by atoms with van der Waals surface area (Å²) in [5.74, 6) is -2.41. The SMILES string of the molecule is CC(NS(=O)(=O)c1ccccc1OC(F)(F)F)C(=O)O. The van der Waals surface area contributed by atoms with Crippen LogP contribution in [0.15, 0.2) is 29.2 Å². The second-order valence-electron chi connectivity index (χ2n) is 3.68. The molecule has 6 nitrogen and oxygen atoms in total. The molecule has 1 aromatic rings. The Bertz CT molecular complexity index is 599. The van der Waals surface area contributed by atoms with E-state index in [0.29, 0.717) is 0 Å². The molecule has 0 amide bonds. The maximum absolute atomic E-state index is 12.2. The lowest BCUT2D eigenvalue weighted by Gasteiger charge is -2.15. The van der Waals surface area contributed by atoms with Gasteiger partial charge >= 0.3 is 12.3 Å². The highest BCUT2D eigenvalue weighted by molar-refractivity contribution is 7.89. The summed E-state index contributed by atoms with van der Waals surface area (Å²) in [7, 11) is -4.46. The third-order valence-electron chi connectivity index (χ3n) is 2.07. The zero-order chi connectivity index (χ0) is 15.6. The molecule has 20 heavy (non-hydrogen) atoms. The molecule has 0 bridgehead atoms. The fraction of sp³-hybridized carbons (Fsp3) is 0.300. The first kappa shape index (κ1) is 16.2. The zero-order valence-corrected chi connectivity index (χ0v) is 10.8. The van der Waals surface area contributed by atoms with Crippen molar-refractivity contribution in [3.8, 4) is 5.75 Å². The van der Waals surface area contributed by atoms with Crippen molar-refractivity contribution in [1.82, 2.24) is 4.72 Å². The van der Waals surface area contributed by atoms with Gasteiger partial charge in [0.05, 0.1) is 0 Å². The number of nitrogens with one attached hydrogen (secondary N) is 1. The van der Waals surface area contributed by atoms with Crippen LogP contribution in [0, 0.1) is 0 Å². The molecule has 1 atom stereocenters. The van der Waals surface area contributed by atoms with Gasteiger partial charge in [-0.25, -0.2) is 8.42 Å². The number of hydrogen-bond acceptors (Lipinski definition) is 4. The maximum atomic E-state index is 12.2. The van der Waals surface area contributed by atoms with Crippen LogP contribution in [0.5, 0.6) is 5.75 Å². The minimum atomic E-state index is -5.07. The Morgan fingerprint density at radius 3 is 2.40 bits per heavy atom. The summed E-state index contributed by atoms with van der Waals surface area (Å²) in [6.45, 7) is 1.03. The third-order valence-corrected chi connectivity index (χ3v) is 3.65. The molecule has 0 saturated heterocycles. The predicted molar refractivity (Wildman–Crippen MR) is 60.5 cm³/mol. The number of para-hydroxylation sites is 1. The second kappa shape index (κ2) is 5.67. The molecule has 10 heteroatoms. The average molecular weight is 313 g/mol. The van der Waals surface area contributed by atoms with E-state index < -0.39 is 39.0 Å². The van der Waals surface area contributed by atoms with Gasteiger partial charge in [-0.05, 0) is 19.1 Å². The molecule has 1 unspecified atom stereocenters. The van der Waals surface area contributed by atoms with Crippen LogP contribution < -0.4 is 9.46 Å². The highest BCUT2D eigenvalue weighted by Gasteiger charge is 2.34. The Morgan fingerprint density at radius 2 is 1.90 bits per heavy atom. The molecule has 1 rings (SSSR count). The number of carboxylic acid groups (broad SMARTS) is 1. The molecule has 0 aromatic heterocycles. The van der Waals surface area contributed by atoms with Crippen molar-refractivity contribution in [2.24, 2.45) is 0 Å². The number of benzene rings is 1. The Labute approximate surface area is 112 Å². The van der Waals surface area contributed by atoms with E-state index >= 15 is 0 Å². The van der Waals surface area contributed by atoms with Crippen molar-refractivity contribution in [3.05, 3.63) is 24.3 Å². The summed E-state index contributed by atoms with van der Waals surface area (Å²) in [5, 5.41) is 8.61. The van der Waals surface area contributed by atoms with E-state index in [1.165, 1.54) is 6.07 Å². The summed E-state index contributed by atoms with van der Waals surface area (Å²) >= 11 is 0. The zero-order valence-electron chi connectivity index (χ0n) is 10.0. The molecule has 0 aliphatic rings. The van der Waals surface area contributed by atoms with Crippen LogP contribution in [-0.4, -0.2) is 31.9 Å². The molecule has 0 radical (unpaired) electrons. The molecule has 0 fully saturated rings. The first-order valence-electron chi connectivity index (χ1n) is 5.13. The van der Waals surface area contributed by atoms with Gasteiger partial charge in [0, 0.05) is 0 Å². The van der Waals surface area contributed by atoms with Gasteiger partial charge in [-0.2, -0.15) is 4.72 Å². The van der Waals surface area contributed by atoms with E-state index in [1.54, 1.807) is 4.72 Å². The summed E-state index contributed by atoms with van der Waals surface area (Å²) in [4.78, 5) is 9.78. The van der Waals surface area contributed by atoms with Crippen LogP contribution >= 0.6 is 0 Å². The first-order chi connectivity index (χ1) is 9.03. The molecule has 1 aromatic carbocycles. The van der Waals surface area contributed by atoms with Crippen molar-refractivity contribution in [3.63, 3.8) is 0 Å². The van der Waals surface area contributed by atoms with Gasteiger partial charge in [-0.3, -0.25) is 4.79 Å². The van der Waals surface area contributed by atoms with Gasteiger partial charge in [-0.15, -0.1) is 13.2 Å². The topological polar surface area (TPSA) is 92.7 Å². The lowest BCUT2D eigenvalue weighted by Crippen LogP contribution is -2.38. The number of carbonyl (C=O) groups is 1. The van der Waals surface area contributed by atoms with Crippen LogP contribution in [0.25, 0.3) is 0 Å². The second-order valence-corrected chi connectivity index (χ2v) is 5.36.